The van der Waals surface area contributed by atoms with Crippen molar-refractivity contribution in [1.29, 1.82) is 0 Å². The highest BCUT2D eigenvalue weighted by Crippen LogP contribution is 2.43. The number of nitrogens with two attached hydrogens (primary N) is 1. The molecule has 2 unspecified atom stereocenters. The predicted octanol–water partition coefficient (Wildman–Crippen LogP) is 0.586. The summed E-state index contributed by atoms with van der Waals surface area (Å²) in [5, 5.41) is 0. The first-order chi connectivity index (χ1) is 11.2. The number of hydrogen-bond acceptors (Lipinski definition) is 7. The van der Waals surface area contributed by atoms with E-state index in [1.165, 1.54) is 6.20 Å². The van der Waals surface area contributed by atoms with Crippen molar-refractivity contribution in [3.05, 3.63) is 22.2 Å². The summed E-state index contributed by atoms with van der Waals surface area (Å²) in [6.45, 7) is 2.08. The summed E-state index contributed by atoms with van der Waals surface area (Å²) < 4.78 is 35.3. The minimum Gasteiger partial charge on any atom is -0.382 e. The minimum absolute atomic E-state index is 0.0199. The van der Waals surface area contributed by atoms with Gasteiger partial charge in [0.2, 0.25) is 0 Å². The number of nitrogen functional groups attached to an aromatic ring is 1. The number of ether oxygens (including phenoxy) is 1. The van der Waals surface area contributed by atoms with E-state index in [2.05, 4.69) is 21.8 Å². The molecule has 0 bridgehead atoms. The Kier molecular flexibility index (Phi) is 5.74. The summed E-state index contributed by atoms with van der Waals surface area (Å²) in [4.78, 5) is 28.6. The third-order valence-corrected chi connectivity index (χ3v) is 3.95. The smallest absolute Gasteiger partial charge is 0.351 e. The lowest BCUT2D eigenvalue weighted by Crippen LogP contribution is -2.29. The molecule has 1 aliphatic rings. The summed E-state index contributed by atoms with van der Waals surface area (Å²) in [7, 11) is -3.84. The van der Waals surface area contributed by atoms with Gasteiger partial charge >= 0.3 is 13.3 Å². The molecular weight excluding hydrogens is 344 g/mol. The van der Waals surface area contributed by atoms with E-state index in [9.17, 15) is 18.8 Å². The van der Waals surface area contributed by atoms with Crippen LogP contribution < -0.4 is 11.4 Å². The zero-order valence-electron chi connectivity index (χ0n) is 13.0. The minimum atomic E-state index is -3.84. The molecule has 0 spiro atoms. The standard InChI is InChI=1S/C13H17FN3O6P/c1-3-4-8-6-17(13(18)16-12(8)15)11-5-9(23-24(2,19)20)10(22-11)7-21-14/h6,9-11H,5,7H2,1-2H3,(H,19,20)(H2,15,16,18)/t9-,10?,11-/m1/s1. The molecule has 24 heavy (non-hydrogen) atoms. The second-order valence-electron chi connectivity index (χ2n) is 5.19. The molecule has 1 saturated heterocycles. The molecule has 2 heterocycles. The fraction of sp³-hybridized carbons (Fsp3) is 0.538. The third-order valence-electron chi connectivity index (χ3n) is 3.29. The Morgan fingerprint density at radius 2 is 2.38 bits per heavy atom. The second kappa shape index (κ2) is 7.42. The Hall–Kier alpha value is -1.76. The third kappa shape index (κ3) is 4.41. The molecule has 1 aromatic rings. The molecule has 0 aromatic carbocycles. The first-order valence-electron chi connectivity index (χ1n) is 6.94. The lowest BCUT2D eigenvalue weighted by molar-refractivity contribution is -0.175. The Labute approximate surface area is 137 Å². The first-order valence-corrected chi connectivity index (χ1v) is 8.96. The SMILES string of the molecule is CC#Cc1cn([C@H]2C[C@@H](OP(C)(=O)O)C(COF)O2)c(=O)nc1N. The Morgan fingerprint density at radius 3 is 2.96 bits per heavy atom. The molecule has 1 fully saturated rings. The summed E-state index contributed by atoms with van der Waals surface area (Å²) in [6.07, 6.45) is -1.40. The maximum Gasteiger partial charge on any atom is 0.351 e. The van der Waals surface area contributed by atoms with Gasteiger partial charge in [0.25, 0.3) is 0 Å². The van der Waals surface area contributed by atoms with E-state index in [0.29, 0.717) is 5.56 Å². The average Bonchev–Trinajstić information content (AvgIpc) is 2.83. The van der Waals surface area contributed by atoms with E-state index < -0.39 is 38.3 Å². The summed E-state index contributed by atoms with van der Waals surface area (Å²) in [5.74, 6) is 5.32. The van der Waals surface area contributed by atoms with Gasteiger partial charge < -0.3 is 19.9 Å². The monoisotopic (exact) mass is 361 g/mol. The summed E-state index contributed by atoms with van der Waals surface area (Å²) in [6, 6.07) is 0. The molecule has 0 amide bonds. The van der Waals surface area contributed by atoms with E-state index in [4.69, 9.17) is 15.0 Å². The summed E-state index contributed by atoms with van der Waals surface area (Å²) in [5.41, 5.74) is 5.26. The molecule has 9 nitrogen and oxygen atoms in total. The largest absolute Gasteiger partial charge is 0.382 e. The van der Waals surface area contributed by atoms with Crippen molar-refractivity contribution in [1.82, 2.24) is 9.55 Å². The van der Waals surface area contributed by atoms with Crippen molar-refractivity contribution >= 4 is 13.4 Å². The van der Waals surface area contributed by atoms with Crippen molar-refractivity contribution in [2.45, 2.75) is 31.8 Å². The van der Waals surface area contributed by atoms with E-state index in [0.717, 1.165) is 11.2 Å². The number of halogens is 1. The van der Waals surface area contributed by atoms with Gasteiger partial charge in [0.05, 0.1) is 5.56 Å². The van der Waals surface area contributed by atoms with Crippen LogP contribution in [0.15, 0.2) is 11.0 Å². The van der Waals surface area contributed by atoms with Gasteiger partial charge in [0, 0.05) is 19.3 Å². The van der Waals surface area contributed by atoms with Gasteiger partial charge in [-0.1, -0.05) is 5.92 Å². The number of nitrogens with zero attached hydrogens (tertiary/aromatic N) is 2. The number of anilines is 1. The van der Waals surface area contributed by atoms with Crippen LogP contribution in [0.25, 0.3) is 0 Å². The molecule has 0 aliphatic carbocycles. The zero-order valence-corrected chi connectivity index (χ0v) is 13.9. The maximum atomic E-state index is 12.2. The van der Waals surface area contributed by atoms with E-state index in [-0.39, 0.29) is 12.2 Å². The van der Waals surface area contributed by atoms with Gasteiger partial charge in [-0.2, -0.15) is 9.93 Å². The van der Waals surface area contributed by atoms with Crippen LogP contribution in [-0.4, -0.2) is 39.9 Å². The van der Waals surface area contributed by atoms with Gasteiger partial charge in [-0.15, -0.1) is 5.92 Å². The number of aromatic nitrogens is 2. The van der Waals surface area contributed by atoms with Crippen LogP contribution in [0.5, 0.6) is 0 Å². The van der Waals surface area contributed by atoms with Gasteiger partial charge in [0.15, 0.2) is 0 Å². The number of rotatable bonds is 5. The van der Waals surface area contributed by atoms with Crippen LogP contribution in [0, 0.1) is 11.8 Å². The first kappa shape index (κ1) is 18.6. The highest BCUT2D eigenvalue weighted by molar-refractivity contribution is 7.51. The Balaban J connectivity index is 2.32. The van der Waals surface area contributed by atoms with Crippen molar-refractivity contribution in [2.75, 3.05) is 19.0 Å². The molecule has 4 atom stereocenters. The molecule has 0 saturated carbocycles. The van der Waals surface area contributed by atoms with Crippen molar-refractivity contribution in [3.8, 4) is 11.8 Å². The molecular formula is C13H17FN3O6P. The normalized spacial score (nSPS) is 25.8. The number of hydrogen-bond donors (Lipinski definition) is 2. The van der Waals surface area contributed by atoms with Crippen LogP contribution in [0.2, 0.25) is 0 Å². The molecule has 3 N–H and O–H groups in total. The quantitative estimate of drug-likeness (QED) is 0.576. The maximum absolute atomic E-state index is 12.2. The van der Waals surface area contributed by atoms with E-state index in [1.54, 1.807) is 6.92 Å². The summed E-state index contributed by atoms with van der Waals surface area (Å²) >= 11 is 0. The van der Waals surface area contributed by atoms with Crippen LogP contribution >= 0.6 is 7.60 Å². The van der Waals surface area contributed by atoms with Crippen molar-refractivity contribution in [2.24, 2.45) is 0 Å². The molecule has 132 valence electrons. The van der Waals surface area contributed by atoms with Crippen LogP contribution in [0.4, 0.5) is 10.3 Å². The van der Waals surface area contributed by atoms with Crippen molar-refractivity contribution < 1.29 is 28.2 Å². The molecule has 11 heteroatoms. The van der Waals surface area contributed by atoms with Crippen LogP contribution in [-0.2, 0) is 18.8 Å². The zero-order chi connectivity index (χ0) is 17.9. The fourth-order valence-corrected chi connectivity index (χ4v) is 3.09. The van der Waals surface area contributed by atoms with Crippen LogP contribution in [0.3, 0.4) is 0 Å². The lowest BCUT2D eigenvalue weighted by Gasteiger charge is -2.18. The molecule has 0 radical (unpaired) electrons. The Bertz CT molecular complexity index is 767. The highest BCUT2D eigenvalue weighted by atomic mass is 31.2. The molecule has 2 rings (SSSR count). The average molecular weight is 361 g/mol. The van der Waals surface area contributed by atoms with Gasteiger partial charge in [-0.3, -0.25) is 9.13 Å². The highest BCUT2D eigenvalue weighted by Gasteiger charge is 2.40. The second-order valence-corrected chi connectivity index (χ2v) is 7.01. The van der Waals surface area contributed by atoms with Gasteiger partial charge in [-0.05, 0) is 11.4 Å². The Morgan fingerprint density at radius 1 is 1.67 bits per heavy atom. The van der Waals surface area contributed by atoms with Gasteiger partial charge in [0.1, 0.15) is 30.9 Å². The topological polar surface area (TPSA) is 126 Å². The molecule has 1 aliphatic heterocycles. The lowest BCUT2D eigenvalue weighted by atomic mass is 10.2. The fourth-order valence-electron chi connectivity index (χ4n) is 2.36. The van der Waals surface area contributed by atoms with Gasteiger partial charge in [-0.25, -0.2) is 4.79 Å². The molecule has 1 aromatic heterocycles. The van der Waals surface area contributed by atoms with Crippen LogP contribution in [0.1, 0.15) is 25.1 Å². The van der Waals surface area contributed by atoms with E-state index >= 15 is 0 Å². The van der Waals surface area contributed by atoms with E-state index in [1.807, 2.05) is 0 Å². The van der Waals surface area contributed by atoms with Crippen molar-refractivity contribution in [3.63, 3.8) is 0 Å². The predicted molar refractivity (Wildman–Crippen MR) is 81.7 cm³/mol.